The summed E-state index contributed by atoms with van der Waals surface area (Å²) in [4.78, 5) is 0. The Labute approximate surface area is 154 Å². The molecule has 4 rings (SSSR count). The molecule has 0 aliphatic heterocycles. The summed E-state index contributed by atoms with van der Waals surface area (Å²) in [7, 11) is 0. The summed E-state index contributed by atoms with van der Waals surface area (Å²) < 4.78 is 2.31. The number of hydrogen-bond acceptors (Lipinski definition) is 0. The second-order valence-corrected chi connectivity index (χ2v) is 6.28. The Morgan fingerprint density at radius 3 is 2.31 bits per heavy atom. The van der Waals surface area contributed by atoms with E-state index in [2.05, 4.69) is 102 Å². The molecular formula is C25H21N. The van der Waals surface area contributed by atoms with Crippen molar-refractivity contribution in [3.05, 3.63) is 104 Å². The van der Waals surface area contributed by atoms with E-state index in [1.165, 1.54) is 32.9 Å². The molecular weight excluding hydrogens is 314 g/mol. The molecule has 4 aromatic rings. The van der Waals surface area contributed by atoms with Crippen LogP contribution in [0, 0.1) is 0 Å². The van der Waals surface area contributed by atoms with Gasteiger partial charge in [-0.15, -0.1) is 0 Å². The van der Waals surface area contributed by atoms with E-state index in [1.54, 1.807) is 0 Å². The van der Waals surface area contributed by atoms with E-state index in [0.717, 1.165) is 5.70 Å². The smallest absolute Gasteiger partial charge is 0.0541 e. The van der Waals surface area contributed by atoms with Crippen LogP contribution < -0.4 is 0 Å². The number of nitrogens with zero attached hydrogens (tertiary/aromatic N) is 1. The fourth-order valence-corrected chi connectivity index (χ4v) is 3.56. The van der Waals surface area contributed by atoms with Gasteiger partial charge in [0, 0.05) is 16.5 Å². The molecule has 0 N–H and O–H groups in total. The lowest BCUT2D eigenvalue weighted by Gasteiger charge is -2.09. The molecule has 0 bridgehead atoms. The summed E-state index contributed by atoms with van der Waals surface area (Å²) in [5.74, 6) is 0. The van der Waals surface area contributed by atoms with Crippen molar-refractivity contribution >= 4 is 27.5 Å². The molecule has 0 fully saturated rings. The van der Waals surface area contributed by atoms with Crippen LogP contribution >= 0.6 is 0 Å². The van der Waals surface area contributed by atoms with Crippen LogP contribution in [0.4, 0.5) is 0 Å². The van der Waals surface area contributed by atoms with Gasteiger partial charge in [0.15, 0.2) is 0 Å². The van der Waals surface area contributed by atoms with Gasteiger partial charge in [-0.3, -0.25) is 0 Å². The SMILES string of the molecule is C=C/C=C(\C=C/C)n1c2ccccc2c2cc(-c3ccccc3)ccc21. The number of rotatable bonds is 4. The fourth-order valence-electron chi connectivity index (χ4n) is 3.56. The van der Waals surface area contributed by atoms with Crippen LogP contribution in [0.15, 0.2) is 104 Å². The topological polar surface area (TPSA) is 4.93 Å². The number of allylic oxidation sites excluding steroid dienone is 5. The van der Waals surface area contributed by atoms with E-state index in [9.17, 15) is 0 Å². The third-order valence-electron chi connectivity index (χ3n) is 4.66. The molecule has 0 radical (unpaired) electrons. The predicted molar refractivity (Wildman–Crippen MR) is 114 cm³/mol. The fraction of sp³-hybridized carbons (Fsp3) is 0.0400. The molecule has 0 saturated carbocycles. The summed E-state index contributed by atoms with van der Waals surface area (Å²) in [6.45, 7) is 5.92. The van der Waals surface area contributed by atoms with Crippen LogP contribution in [0.2, 0.25) is 0 Å². The highest BCUT2D eigenvalue weighted by Gasteiger charge is 2.12. The molecule has 1 heteroatoms. The highest BCUT2D eigenvalue weighted by Crippen LogP contribution is 2.34. The van der Waals surface area contributed by atoms with Crippen molar-refractivity contribution in [3.8, 4) is 11.1 Å². The molecule has 0 atom stereocenters. The predicted octanol–water partition coefficient (Wildman–Crippen LogP) is 7.06. The van der Waals surface area contributed by atoms with Crippen molar-refractivity contribution in [2.45, 2.75) is 6.92 Å². The number of fused-ring (bicyclic) bond motifs is 3. The van der Waals surface area contributed by atoms with E-state index in [0.29, 0.717) is 0 Å². The minimum absolute atomic E-state index is 1.11. The van der Waals surface area contributed by atoms with Gasteiger partial charge in [0.05, 0.1) is 11.0 Å². The van der Waals surface area contributed by atoms with Gasteiger partial charge in [0.2, 0.25) is 0 Å². The highest BCUT2D eigenvalue weighted by atomic mass is 15.0. The van der Waals surface area contributed by atoms with Crippen molar-refractivity contribution in [2.75, 3.05) is 0 Å². The maximum absolute atomic E-state index is 3.88. The second kappa shape index (κ2) is 6.89. The standard InChI is InChI=1S/C25H21N/c1-3-10-21(11-4-2)26-24-15-9-8-14-22(24)23-18-20(16-17-25(23)26)19-12-6-5-7-13-19/h3-18H,1H2,2H3/b11-4-,21-10+. The van der Waals surface area contributed by atoms with Gasteiger partial charge >= 0.3 is 0 Å². The van der Waals surface area contributed by atoms with Crippen LogP contribution in [-0.4, -0.2) is 4.57 Å². The van der Waals surface area contributed by atoms with Gasteiger partial charge in [-0.25, -0.2) is 0 Å². The van der Waals surface area contributed by atoms with Crippen molar-refractivity contribution < 1.29 is 0 Å². The van der Waals surface area contributed by atoms with Crippen LogP contribution in [0.25, 0.3) is 38.6 Å². The van der Waals surface area contributed by atoms with E-state index in [1.807, 2.05) is 13.0 Å². The largest absolute Gasteiger partial charge is 0.309 e. The van der Waals surface area contributed by atoms with Crippen LogP contribution in [0.1, 0.15) is 6.92 Å². The highest BCUT2D eigenvalue weighted by molar-refractivity contribution is 6.11. The quantitative estimate of drug-likeness (QED) is 0.352. The lowest BCUT2D eigenvalue weighted by atomic mass is 10.0. The summed E-state index contributed by atoms with van der Waals surface area (Å²) >= 11 is 0. The van der Waals surface area contributed by atoms with E-state index < -0.39 is 0 Å². The molecule has 1 heterocycles. The van der Waals surface area contributed by atoms with Crippen molar-refractivity contribution in [2.24, 2.45) is 0 Å². The molecule has 0 aliphatic carbocycles. The van der Waals surface area contributed by atoms with Crippen molar-refractivity contribution in [3.63, 3.8) is 0 Å². The summed E-state index contributed by atoms with van der Waals surface area (Å²) in [5.41, 5.74) is 6.00. The Bertz CT molecular complexity index is 1140. The first kappa shape index (κ1) is 16.2. The Kier molecular flexibility index (Phi) is 4.28. The minimum Gasteiger partial charge on any atom is -0.309 e. The molecule has 1 aromatic heterocycles. The monoisotopic (exact) mass is 335 g/mol. The normalized spacial score (nSPS) is 12.3. The van der Waals surface area contributed by atoms with E-state index in [-0.39, 0.29) is 0 Å². The zero-order valence-corrected chi connectivity index (χ0v) is 14.9. The third kappa shape index (κ3) is 2.68. The average Bonchev–Trinajstić information content (AvgIpc) is 3.02. The Morgan fingerprint density at radius 2 is 1.54 bits per heavy atom. The van der Waals surface area contributed by atoms with Crippen LogP contribution in [-0.2, 0) is 0 Å². The van der Waals surface area contributed by atoms with Gasteiger partial charge in [-0.05, 0) is 48.4 Å². The first-order valence-electron chi connectivity index (χ1n) is 8.88. The molecule has 0 spiro atoms. The summed E-state index contributed by atoms with van der Waals surface area (Å²) in [6, 6.07) is 25.8. The lowest BCUT2D eigenvalue weighted by Crippen LogP contribution is -1.94. The van der Waals surface area contributed by atoms with Crippen LogP contribution in [0.3, 0.4) is 0 Å². The Morgan fingerprint density at radius 1 is 0.808 bits per heavy atom. The third-order valence-corrected chi connectivity index (χ3v) is 4.66. The lowest BCUT2D eigenvalue weighted by molar-refractivity contribution is 1.24. The first-order chi connectivity index (χ1) is 12.8. The van der Waals surface area contributed by atoms with Gasteiger partial charge in [0.1, 0.15) is 0 Å². The molecule has 0 aliphatic rings. The van der Waals surface area contributed by atoms with E-state index in [4.69, 9.17) is 0 Å². The number of para-hydroxylation sites is 1. The molecule has 0 amide bonds. The number of hydrogen-bond donors (Lipinski definition) is 0. The van der Waals surface area contributed by atoms with Crippen LogP contribution in [0.5, 0.6) is 0 Å². The summed E-state index contributed by atoms with van der Waals surface area (Å²) in [6.07, 6.45) is 8.08. The molecule has 1 nitrogen and oxygen atoms in total. The number of aromatic nitrogens is 1. The Hall–Kier alpha value is -3.32. The van der Waals surface area contributed by atoms with Gasteiger partial charge in [-0.1, -0.05) is 73.3 Å². The van der Waals surface area contributed by atoms with Crippen molar-refractivity contribution in [1.82, 2.24) is 4.57 Å². The Balaban J connectivity index is 2.06. The van der Waals surface area contributed by atoms with Crippen molar-refractivity contribution in [1.29, 1.82) is 0 Å². The molecule has 26 heavy (non-hydrogen) atoms. The molecule has 0 unspecified atom stereocenters. The molecule has 3 aromatic carbocycles. The minimum atomic E-state index is 1.11. The van der Waals surface area contributed by atoms with E-state index >= 15 is 0 Å². The maximum Gasteiger partial charge on any atom is 0.0541 e. The second-order valence-electron chi connectivity index (χ2n) is 6.28. The van der Waals surface area contributed by atoms with Gasteiger partial charge < -0.3 is 4.57 Å². The van der Waals surface area contributed by atoms with Gasteiger partial charge in [-0.2, -0.15) is 0 Å². The summed E-state index contributed by atoms with van der Waals surface area (Å²) in [5, 5.41) is 2.53. The zero-order chi connectivity index (χ0) is 17.9. The zero-order valence-electron chi connectivity index (χ0n) is 14.9. The number of benzene rings is 3. The maximum atomic E-state index is 3.88. The molecule has 126 valence electrons. The molecule has 0 saturated heterocycles. The first-order valence-corrected chi connectivity index (χ1v) is 8.88. The average molecular weight is 335 g/mol. The van der Waals surface area contributed by atoms with Gasteiger partial charge in [0.25, 0.3) is 0 Å².